The number of hydrogen-bond acceptors (Lipinski definition) is 4. The van der Waals surface area contributed by atoms with Crippen molar-refractivity contribution in [3.63, 3.8) is 0 Å². The lowest BCUT2D eigenvalue weighted by molar-refractivity contribution is -0.184. The number of carbonyl (C=O) groups is 2. The number of nitrogens with two attached hydrogens (primary N) is 1. The van der Waals surface area contributed by atoms with Crippen LogP contribution in [0, 0.1) is 0 Å². The van der Waals surface area contributed by atoms with Crippen LogP contribution in [0.3, 0.4) is 0 Å². The van der Waals surface area contributed by atoms with E-state index in [0.29, 0.717) is 6.92 Å². The molecule has 0 aliphatic carbocycles. The van der Waals surface area contributed by atoms with Gasteiger partial charge in [-0.3, -0.25) is 4.79 Å². The molecule has 1 amide bonds. The van der Waals surface area contributed by atoms with Gasteiger partial charge >= 0.3 is 12.1 Å². The van der Waals surface area contributed by atoms with Crippen molar-refractivity contribution in [1.82, 2.24) is 0 Å². The maximum absolute atomic E-state index is 12.6. The molecule has 1 rings (SSSR count). The molecule has 0 aromatic heterocycles. The number of ether oxygens (including phenoxy) is 1. The Hall–Kier alpha value is -1.80. The molecule has 0 radical (unpaired) electrons. The van der Waals surface area contributed by atoms with E-state index in [2.05, 4.69) is 4.74 Å². The van der Waals surface area contributed by atoms with E-state index < -0.39 is 23.6 Å². The largest absolute Gasteiger partial charge is 0.465 e. The van der Waals surface area contributed by atoms with E-state index in [1.807, 2.05) is 5.32 Å². The molecule has 1 aromatic carbocycles. The van der Waals surface area contributed by atoms with Crippen LogP contribution in [0.15, 0.2) is 18.2 Å². The molecule has 0 spiro atoms. The Kier molecular flexibility index (Phi) is 4.85. The second-order valence-electron chi connectivity index (χ2n) is 4.34. The third-order valence-corrected chi connectivity index (χ3v) is 3.02. The topological polar surface area (TPSA) is 81.4 Å². The van der Waals surface area contributed by atoms with Crippen molar-refractivity contribution >= 4 is 29.2 Å². The molecule has 0 aliphatic heterocycles. The van der Waals surface area contributed by atoms with Gasteiger partial charge in [-0.15, -0.1) is 0 Å². The van der Waals surface area contributed by atoms with Gasteiger partial charge < -0.3 is 15.8 Å². The first kappa shape index (κ1) is 17.3. The molecule has 1 atom stereocenters. The minimum Gasteiger partial charge on any atom is -0.465 e. The third-order valence-electron chi connectivity index (χ3n) is 2.69. The molecule has 0 heterocycles. The minimum atomic E-state index is -4.92. The zero-order chi connectivity index (χ0) is 16.4. The number of anilines is 1. The van der Waals surface area contributed by atoms with Crippen LogP contribution >= 0.6 is 11.6 Å². The summed E-state index contributed by atoms with van der Waals surface area (Å²) < 4.78 is 42.4. The van der Waals surface area contributed by atoms with Crippen LogP contribution in [0.5, 0.6) is 0 Å². The van der Waals surface area contributed by atoms with Crippen LogP contribution in [0.25, 0.3) is 0 Å². The number of amides is 1. The molecule has 5 nitrogen and oxygen atoms in total. The van der Waals surface area contributed by atoms with Crippen LogP contribution in [0.4, 0.5) is 18.9 Å². The van der Waals surface area contributed by atoms with Crippen LogP contribution in [0.1, 0.15) is 17.3 Å². The molecule has 9 heteroatoms. The van der Waals surface area contributed by atoms with Crippen LogP contribution in [-0.2, 0) is 9.53 Å². The molecular formula is C12H12ClF3N2O3. The second kappa shape index (κ2) is 5.90. The highest BCUT2D eigenvalue weighted by atomic mass is 35.5. The number of esters is 1. The molecular weight excluding hydrogens is 313 g/mol. The van der Waals surface area contributed by atoms with Crippen molar-refractivity contribution < 1.29 is 27.5 Å². The smallest absolute Gasteiger partial charge is 0.415 e. The first-order valence-corrected chi connectivity index (χ1v) is 5.93. The fraction of sp³-hybridized carbons (Fsp3) is 0.333. The van der Waals surface area contributed by atoms with Crippen molar-refractivity contribution in [3.05, 3.63) is 28.8 Å². The molecule has 1 unspecified atom stereocenters. The summed E-state index contributed by atoms with van der Waals surface area (Å²) in [6, 6.07) is 3.57. The first-order valence-electron chi connectivity index (χ1n) is 5.55. The molecule has 21 heavy (non-hydrogen) atoms. The van der Waals surface area contributed by atoms with E-state index in [1.165, 1.54) is 12.1 Å². The van der Waals surface area contributed by atoms with Crippen molar-refractivity contribution in [2.75, 3.05) is 12.4 Å². The van der Waals surface area contributed by atoms with Crippen LogP contribution in [-0.4, -0.2) is 30.7 Å². The highest BCUT2D eigenvalue weighted by molar-refractivity contribution is 6.33. The zero-order valence-corrected chi connectivity index (χ0v) is 11.8. The average molecular weight is 325 g/mol. The normalized spacial score (nSPS) is 14.2. The van der Waals surface area contributed by atoms with Gasteiger partial charge in [-0.25, -0.2) is 4.79 Å². The average Bonchev–Trinajstić information content (AvgIpc) is 2.38. The van der Waals surface area contributed by atoms with Crippen LogP contribution in [0.2, 0.25) is 5.02 Å². The summed E-state index contributed by atoms with van der Waals surface area (Å²) in [6.45, 7) is 0.541. The predicted octanol–water partition coefficient (Wildman–Crippen LogP) is 2.34. The fourth-order valence-electron chi connectivity index (χ4n) is 1.26. The lowest BCUT2D eigenvalue weighted by Gasteiger charge is -2.26. The molecule has 116 valence electrons. The summed E-state index contributed by atoms with van der Waals surface area (Å²) in [5.74, 6) is -2.25. The summed E-state index contributed by atoms with van der Waals surface area (Å²) in [5.41, 5.74) is 1.75. The van der Waals surface area contributed by atoms with E-state index in [4.69, 9.17) is 17.3 Å². The van der Waals surface area contributed by atoms with E-state index in [-0.39, 0.29) is 16.3 Å². The minimum absolute atomic E-state index is 0.0335. The number of halogens is 4. The second-order valence-corrected chi connectivity index (χ2v) is 4.75. The third kappa shape index (κ3) is 3.64. The molecule has 0 saturated heterocycles. The van der Waals surface area contributed by atoms with E-state index in [9.17, 15) is 22.8 Å². The molecule has 0 saturated carbocycles. The lowest BCUT2D eigenvalue weighted by Crippen LogP contribution is -2.59. The van der Waals surface area contributed by atoms with Gasteiger partial charge in [0.05, 0.1) is 17.7 Å². The summed E-state index contributed by atoms with van der Waals surface area (Å²) >= 11 is 5.75. The van der Waals surface area contributed by atoms with E-state index in [0.717, 1.165) is 13.2 Å². The van der Waals surface area contributed by atoms with Gasteiger partial charge in [0.25, 0.3) is 5.91 Å². The van der Waals surface area contributed by atoms with Crippen molar-refractivity contribution in [2.24, 2.45) is 5.73 Å². The summed E-state index contributed by atoms with van der Waals surface area (Å²) in [6.07, 6.45) is -4.92. The summed E-state index contributed by atoms with van der Waals surface area (Å²) in [5, 5.41) is 2.02. The Morgan fingerprint density at radius 2 is 1.90 bits per heavy atom. The SMILES string of the molecule is COC(=O)c1cc(NC(=O)C(C)(N)C(F)(F)F)ccc1Cl. The van der Waals surface area contributed by atoms with Gasteiger partial charge in [0, 0.05) is 5.69 Å². The molecule has 0 bridgehead atoms. The number of carbonyl (C=O) groups excluding carboxylic acids is 2. The maximum Gasteiger partial charge on any atom is 0.415 e. The Morgan fingerprint density at radius 3 is 2.38 bits per heavy atom. The summed E-state index contributed by atoms with van der Waals surface area (Å²) in [7, 11) is 1.12. The predicted molar refractivity (Wildman–Crippen MR) is 70.1 cm³/mol. The van der Waals surface area contributed by atoms with Gasteiger partial charge in [-0.05, 0) is 25.1 Å². The summed E-state index contributed by atoms with van der Waals surface area (Å²) in [4.78, 5) is 23.0. The molecule has 3 N–H and O–H groups in total. The lowest BCUT2D eigenvalue weighted by atomic mass is 10.0. The molecule has 0 fully saturated rings. The molecule has 1 aromatic rings. The number of methoxy groups -OCH3 is 1. The molecule has 0 aliphatic rings. The van der Waals surface area contributed by atoms with Gasteiger partial charge in [-0.1, -0.05) is 11.6 Å². The number of hydrogen-bond donors (Lipinski definition) is 2. The Bertz CT molecular complexity index is 573. The zero-order valence-electron chi connectivity index (χ0n) is 11.0. The van der Waals surface area contributed by atoms with Gasteiger partial charge in [-0.2, -0.15) is 13.2 Å². The van der Waals surface area contributed by atoms with Crippen LogP contribution < -0.4 is 11.1 Å². The Balaban J connectivity index is 3.05. The van der Waals surface area contributed by atoms with Crippen molar-refractivity contribution in [1.29, 1.82) is 0 Å². The Morgan fingerprint density at radius 1 is 1.33 bits per heavy atom. The van der Waals surface area contributed by atoms with Crippen molar-refractivity contribution in [3.8, 4) is 0 Å². The highest BCUT2D eigenvalue weighted by Gasteiger charge is 2.54. The maximum atomic E-state index is 12.6. The van der Waals surface area contributed by atoms with Gasteiger partial charge in [0.1, 0.15) is 0 Å². The highest BCUT2D eigenvalue weighted by Crippen LogP contribution is 2.29. The van der Waals surface area contributed by atoms with Gasteiger partial charge in [0.15, 0.2) is 5.54 Å². The standard InChI is InChI=1S/C12H12ClF3N2O3/c1-11(17,12(14,15)16)10(20)18-6-3-4-8(13)7(5-6)9(19)21-2/h3-5H,17H2,1-2H3,(H,18,20). The number of alkyl halides is 3. The first-order chi connectivity index (χ1) is 9.50. The number of rotatable bonds is 3. The van der Waals surface area contributed by atoms with E-state index in [1.54, 1.807) is 0 Å². The van der Waals surface area contributed by atoms with E-state index >= 15 is 0 Å². The monoisotopic (exact) mass is 324 g/mol. The van der Waals surface area contributed by atoms with Gasteiger partial charge in [0.2, 0.25) is 0 Å². The Labute approximate surface area is 123 Å². The van der Waals surface area contributed by atoms with Crippen molar-refractivity contribution in [2.45, 2.75) is 18.6 Å². The fourth-order valence-corrected chi connectivity index (χ4v) is 1.45. The quantitative estimate of drug-likeness (QED) is 0.836. The number of benzene rings is 1. The number of nitrogens with one attached hydrogen (secondary N) is 1.